The zero-order chi connectivity index (χ0) is 31.9. The van der Waals surface area contributed by atoms with Crippen LogP contribution in [0.5, 0.6) is 0 Å². The highest BCUT2D eigenvalue weighted by Gasteiger charge is 2.45. The quantitative estimate of drug-likeness (QED) is 0.231. The van der Waals surface area contributed by atoms with Crippen LogP contribution in [0.15, 0.2) is 18.3 Å². The van der Waals surface area contributed by atoms with Crippen LogP contribution in [0.4, 0.5) is 17.6 Å². The Morgan fingerprint density at radius 3 is 2.09 bits per heavy atom. The molecule has 0 bridgehead atoms. The number of amides is 1. The minimum atomic E-state index is -4.96. The molecule has 2 aromatic rings. The van der Waals surface area contributed by atoms with Crippen molar-refractivity contribution in [2.45, 2.75) is 84.4 Å². The molecule has 1 aromatic heterocycles. The molecule has 4 rings (SSSR count). The topological polar surface area (TPSA) is 92.5 Å². The summed E-state index contributed by atoms with van der Waals surface area (Å²) >= 11 is 12.2. The molecular weight excluding hydrogens is 613 g/mol. The van der Waals surface area contributed by atoms with Crippen molar-refractivity contribution in [2.24, 2.45) is 16.7 Å². The molecule has 0 aliphatic heterocycles. The number of aromatic nitrogens is 2. The predicted octanol–water partition coefficient (Wildman–Crippen LogP) is 8.10. The normalized spacial score (nSPS) is 22.8. The van der Waals surface area contributed by atoms with Crippen LogP contribution in [0.25, 0.3) is 0 Å². The molecule has 2 saturated carbocycles. The molecule has 236 valence electrons. The fourth-order valence-electron chi connectivity index (χ4n) is 6.18. The van der Waals surface area contributed by atoms with E-state index in [4.69, 9.17) is 23.2 Å². The number of halogens is 6. The first-order valence-corrected chi connectivity index (χ1v) is 15.0. The van der Waals surface area contributed by atoms with E-state index in [9.17, 15) is 37.1 Å². The molecule has 0 spiro atoms. The van der Waals surface area contributed by atoms with Gasteiger partial charge < -0.3 is 10.0 Å². The average molecular weight is 649 g/mol. The van der Waals surface area contributed by atoms with Crippen molar-refractivity contribution >= 4 is 40.9 Å². The van der Waals surface area contributed by atoms with Crippen LogP contribution in [0.1, 0.15) is 105 Å². The molecule has 0 saturated heterocycles. The van der Waals surface area contributed by atoms with E-state index >= 15 is 0 Å². The van der Waals surface area contributed by atoms with Gasteiger partial charge in [-0.2, -0.15) is 18.3 Å². The molecule has 1 heterocycles. The summed E-state index contributed by atoms with van der Waals surface area (Å²) in [6.45, 7) is 5.23. The number of rotatable bonds is 8. The van der Waals surface area contributed by atoms with Crippen molar-refractivity contribution < 1.29 is 37.1 Å². The summed E-state index contributed by atoms with van der Waals surface area (Å²) in [4.78, 5) is 40.0. The third-order valence-electron chi connectivity index (χ3n) is 9.06. The number of benzene rings is 1. The second-order valence-corrected chi connectivity index (χ2v) is 13.7. The maximum absolute atomic E-state index is 14.6. The van der Waals surface area contributed by atoms with E-state index in [2.05, 4.69) is 18.9 Å². The molecule has 2 aliphatic carbocycles. The Morgan fingerprint density at radius 1 is 1.02 bits per heavy atom. The number of carboxylic acids is 1. The first kappa shape index (κ1) is 33.2. The largest absolute Gasteiger partial charge is 0.481 e. The average Bonchev–Trinajstić information content (AvgIpc) is 3.35. The number of carbonyl (C=O) groups is 3. The van der Waals surface area contributed by atoms with Gasteiger partial charge in [-0.3, -0.25) is 19.1 Å². The first-order chi connectivity index (χ1) is 19.9. The molecule has 2 aliphatic rings. The molecule has 1 amide bonds. The lowest BCUT2D eigenvalue weighted by atomic mass is 9.73. The molecule has 2 fully saturated rings. The van der Waals surface area contributed by atoms with Gasteiger partial charge in [0, 0.05) is 6.54 Å². The maximum atomic E-state index is 14.6. The Kier molecular flexibility index (Phi) is 9.57. The van der Waals surface area contributed by atoms with Crippen molar-refractivity contribution in [3.8, 4) is 0 Å². The monoisotopic (exact) mass is 647 g/mol. The van der Waals surface area contributed by atoms with Crippen molar-refractivity contribution in [1.29, 1.82) is 0 Å². The molecule has 0 radical (unpaired) electrons. The van der Waals surface area contributed by atoms with Crippen LogP contribution in [0.2, 0.25) is 10.0 Å². The van der Waals surface area contributed by atoms with Gasteiger partial charge in [0.1, 0.15) is 5.82 Å². The van der Waals surface area contributed by atoms with Crippen LogP contribution < -0.4 is 0 Å². The van der Waals surface area contributed by atoms with E-state index in [-0.39, 0.29) is 59.2 Å². The Labute approximate surface area is 257 Å². The fourth-order valence-corrected chi connectivity index (χ4v) is 6.85. The number of ketones is 1. The SMILES string of the molecule is CC1(C)CCC(CN(CC(=O)c2c(Cl)cc(F)cc2Cl)C(=O)c2cnn([C@H]3CC[C@](C)(C(=O)O)CC3)c2C(F)(F)F)CC1. The van der Waals surface area contributed by atoms with Crippen molar-refractivity contribution in [2.75, 3.05) is 13.1 Å². The number of nitrogens with zero attached hydrogens (tertiary/aromatic N) is 3. The summed E-state index contributed by atoms with van der Waals surface area (Å²) < 4.78 is 58.2. The van der Waals surface area contributed by atoms with E-state index in [1.165, 1.54) is 0 Å². The summed E-state index contributed by atoms with van der Waals surface area (Å²) in [5.74, 6) is -3.58. The van der Waals surface area contributed by atoms with Crippen LogP contribution in [-0.4, -0.2) is 50.5 Å². The van der Waals surface area contributed by atoms with Gasteiger partial charge in [-0.05, 0) is 81.8 Å². The Balaban J connectivity index is 1.67. The molecule has 1 N–H and O–H groups in total. The van der Waals surface area contributed by atoms with Gasteiger partial charge in [0.25, 0.3) is 5.91 Å². The summed E-state index contributed by atoms with van der Waals surface area (Å²) in [5, 5.41) is 13.0. The molecule has 13 heteroatoms. The number of hydrogen-bond acceptors (Lipinski definition) is 4. The predicted molar refractivity (Wildman–Crippen MR) is 153 cm³/mol. The number of hydrogen-bond donors (Lipinski definition) is 1. The maximum Gasteiger partial charge on any atom is 0.433 e. The minimum Gasteiger partial charge on any atom is -0.481 e. The van der Waals surface area contributed by atoms with Crippen molar-refractivity contribution in [3.63, 3.8) is 0 Å². The Bertz CT molecular complexity index is 1370. The number of aliphatic carboxylic acids is 1. The molecule has 43 heavy (non-hydrogen) atoms. The van der Waals surface area contributed by atoms with Crippen LogP contribution >= 0.6 is 23.2 Å². The zero-order valence-electron chi connectivity index (χ0n) is 24.2. The van der Waals surface area contributed by atoms with E-state index in [1.54, 1.807) is 6.92 Å². The van der Waals surface area contributed by atoms with Gasteiger partial charge in [-0.25, -0.2) is 4.39 Å². The van der Waals surface area contributed by atoms with Gasteiger partial charge >= 0.3 is 12.1 Å². The summed E-state index contributed by atoms with van der Waals surface area (Å²) in [6, 6.07) is 1.06. The first-order valence-electron chi connectivity index (χ1n) is 14.3. The highest BCUT2D eigenvalue weighted by atomic mass is 35.5. The number of alkyl halides is 3. The van der Waals surface area contributed by atoms with Crippen LogP contribution in [0, 0.1) is 22.6 Å². The lowest BCUT2D eigenvalue weighted by Gasteiger charge is -2.36. The van der Waals surface area contributed by atoms with Gasteiger partial charge in [-0.15, -0.1) is 0 Å². The zero-order valence-corrected chi connectivity index (χ0v) is 25.8. The third kappa shape index (κ3) is 7.36. The van der Waals surface area contributed by atoms with E-state index in [0.29, 0.717) is 0 Å². The second kappa shape index (κ2) is 12.4. The molecular formula is C30H35Cl2F4N3O4. The fraction of sp³-hybridized carbons (Fsp3) is 0.600. The summed E-state index contributed by atoms with van der Waals surface area (Å²) in [7, 11) is 0. The summed E-state index contributed by atoms with van der Waals surface area (Å²) in [5.41, 5.74) is -3.10. The lowest BCUT2D eigenvalue weighted by Crippen LogP contribution is -2.41. The van der Waals surface area contributed by atoms with E-state index < -0.39 is 58.9 Å². The number of carboxylic acid groups (broad SMARTS) is 1. The van der Waals surface area contributed by atoms with E-state index in [1.807, 2.05) is 0 Å². The third-order valence-corrected chi connectivity index (χ3v) is 9.66. The second-order valence-electron chi connectivity index (χ2n) is 12.9. The summed E-state index contributed by atoms with van der Waals surface area (Å²) in [6.07, 6.45) is -0.337. The molecule has 7 nitrogen and oxygen atoms in total. The number of Topliss-reactive ketones (excluding diaryl/α,β-unsaturated/α-hetero) is 1. The van der Waals surface area contributed by atoms with Gasteiger partial charge in [-0.1, -0.05) is 37.0 Å². The Hall–Kier alpha value is -2.66. The van der Waals surface area contributed by atoms with Crippen molar-refractivity contribution in [3.05, 3.63) is 51.0 Å². The van der Waals surface area contributed by atoms with Crippen LogP contribution in [0.3, 0.4) is 0 Å². The standard InChI is InChI=1S/C30H35Cl2F4N3O4/c1-28(2)8-4-17(5-9-28)15-38(16-23(40)24-21(31)12-18(33)13-22(24)32)26(41)20-14-37-39(25(20)30(34,35)36)19-6-10-29(3,11-7-19)27(42)43/h12-14,17,19H,4-11,15-16H2,1-3H3,(H,42,43)/t19-,29-. The smallest absolute Gasteiger partial charge is 0.433 e. The lowest BCUT2D eigenvalue weighted by molar-refractivity contribution is -0.152. The van der Waals surface area contributed by atoms with Gasteiger partial charge in [0.05, 0.1) is 45.4 Å². The van der Waals surface area contributed by atoms with Crippen molar-refractivity contribution in [1.82, 2.24) is 14.7 Å². The van der Waals surface area contributed by atoms with Gasteiger partial charge in [0.2, 0.25) is 0 Å². The molecule has 0 unspecified atom stereocenters. The van der Waals surface area contributed by atoms with Gasteiger partial charge in [0.15, 0.2) is 11.5 Å². The van der Waals surface area contributed by atoms with E-state index in [0.717, 1.165) is 53.6 Å². The Morgan fingerprint density at radius 2 is 1.58 bits per heavy atom. The molecule has 0 atom stereocenters. The van der Waals surface area contributed by atoms with Crippen LogP contribution in [-0.2, 0) is 11.0 Å². The number of carbonyl (C=O) groups excluding carboxylic acids is 2. The minimum absolute atomic E-state index is 0.0277. The molecule has 1 aromatic carbocycles. The highest BCUT2D eigenvalue weighted by Crippen LogP contribution is 2.44. The highest BCUT2D eigenvalue weighted by molar-refractivity contribution is 6.40.